The van der Waals surface area contributed by atoms with Gasteiger partial charge in [-0.15, -0.1) is 0 Å². The van der Waals surface area contributed by atoms with Crippen LogP contribution in [0.4, 0.5) is 0 Å². The van der Waals surface area contributed by atoms with Crippen LogP contribution < -0.4 is 4.74 Å². The number of ether oxygens (including phenoxy) is 1. The van der Waals surface area contributed by atoms with Crippen LogP contribution in [0.5, 0.6) is 5.75 Å². The highest BCUT2D eigenvalue weighted by Crippen LogP contribution is 2.37. The summed E-state index contributed by atoms with van der Waals surface area (Å²) in [5.41, 5.74) is 1.43. The molecule has 1 atom stereocenters. The number of rotatable bonds is 13. The minimum atomic E-state index is -2.58. The molecule has 4 nitrogen and oxygen atoms in total. The molecule has 0 amide bonds. The second-order valence-corrected chi connectivity index (χ2v) is 10.6. The Morgan fingerprint density at radius 2 is 1.39 bits per heavy atom. The molecule has 0 aromatic heterocycles. The van der Waals surface area contributed by atoms with Crippen LogP contribution in [0.1, 0.15) is 80.7 Å². The van der Waals surface area contributed by atoms with Gasteiger partial charge in [-0.25, -0.2) is 0 Å². The van der Waals surface area contributed by atoms with Gasteiger partial charge in [0.1, 0.15) is 5.75 Å². The van der Waals surface area contributed by atoms with Gasteiger partial charge in [0.15, 0.2) is 0 Å². The topological polar surface area (TPSA) is 36.9 Å². The van der Waals surface area contributed by atoms with Gasteiger partial charge in [0, 0.05) is 25.9 Å². The highest BCUT2D eigenvalue weighted by Gasteiger charge is 2.39. The van der Waals surface area contributed by atoms with Crippen LogP contribution in [-0.4, -0.2) is 35.2 Å². The van der Waals surface area contributed by atoms with Crippen LogP contribution in [0, 0.1) is 5.92 Å². The highest BCUT2D eigenvalue weighted by atomic mass is 28.4. The van der Waals surface area contributed by atoms with Gasteiger partial charge in [-0.1, -0.05) is 78.0 Å². The summed E-state index contributed by atoms with van der Waals surface area (Å²) in [4.78, 5) is 0. The monoisotopic (exact) mass is 478 g/mol. The molecule has 5 heteroatoms. The zero-order valence-corrected chi connectivity index (χ0v) is 23.8. The summed E-state index contributed by atoms with van der Waals surface area (Å²) in [5.74, 6) is 1.42. The van der Waals surface area contributed by atoms with Gasteiger partial charge in [0.05, 0.1) is 6.61 Å². The lowest BCUT2D eigenvalue weighted by Gasteiger charge is -2.33. The van der Waals surface area contributed by atoms with E-state index in [1.807, 2.05) is 48.5 Å². The van der Waals surface area contributed by atoms with Gasteiger partial charge in [0.25, 0.3) is 0 Å². The van der Waals surface area contributed by atoms with Crippen LogP contribution in [0.25, 0.3) is 0 Å². The molecule has 1 aromatic rings. The standard InChI is InChI=1S/C24H38O4Si.2C2H6/c1-6-26-29(27-7-2,28-8-3)20-12-19-25-23-17-15-22(16-18-23)24(4,5)21-13-10-9-11-14-21;2*1-2/h9-11,13,15-18,21H,6-8,12,14,19-20H2,1-5H3;2*1-2H3. The van der Waals surface area contributed by atoms with E-state index in [0.29, 0.717) is 32.3 Å². The molecule has 0 bridgehead atoms. The van der Waals surface area contributed by atoms with Gasteiger partial charge in [-0.2, -0.15) is 0 Å². The zero-order chi connectivity index (χ0) is 25.2. The first-order valence-corrected chi connectivity index (χ1v) is 14.9. The summed E-state index contributed by atoms with van der Waals surface area (Å²) in [6.07, 6.45) is 10.8. The molecule has 1 aromatic carbocycles. The molecule has 1 aliphatic rings. The Bertz CT molecular complexity index is 635. The van der Waals surface area contributed by atoms with Gasteiger partial charge in [0.2, 0.25) is 0 Å². The predicted molar refractivity (Wildman–Crippen MR) is 144 cm³/mol. The number of allylic oxidation sites excluding steroid dienone is 4. The Morgan fingerprint density at radius 3 is 1.85 bits per heavy atom. The van der Waals surface area contributed by atoms with Crippen molar-refractivity contribution < 1.29 is 18.0 Å². The maximum atomic E-state index is 5.98. The Morgan fingerprint density at radius 1 is 0.848 bits per heavy atom. The fourth-order valence-electron chi connectivity index (χ4n) is 3.79. The molecule has 190 valence electrons. The largest absolute Gasteiger partial charge is 0.501 e. The summed E-state index contributed by atoms with van der Waals surface area (Å²) in [6, 6.07) is 9.33. The maximum absolute atomic E-state index is 5.98. The third-order valence-electron chi connectivity index (χ3n) is 5.49. The molecular formula is C28H50O4Si. The Kier molecular flexibility index (Phi) is 17.2. The van der Waals surface area contributed by atoms with E-state index >= 15 is 0 Å². The molecule has 0 spiro atoms. The summed E-state index contributed by atoms with van der Waals surface area (Å²) >= 11 is 0. The number of hydrogen-bond donors (Lipinski definition) is 0. The fourth-order valence-corrected chi connectivity index (χ4v) is 6.37. The van der Waals surface area contributed by atoms with E-state index in [4.69, 9.17) is 18.0 Å². The van der Waals surface area contributed by atoms with E-state index in [9.17, 15) is 0 Å². The molecule has 33 heavy (non-hydrogen) atoms. The fraction of sp³-hybridized carbons (Fsp3) is 0.643. The van der Waals surface area contributed by atoms with Crippen molar-refractivity contribution in [3.05, 3.63) is 54.1 Å². The van der Waals surface area contributed by atoms with Gasteiger partial charge >= 0.3 is 8.80 Å². The highest BCUT2D eigenvalue weighted by molar-refractivity contribution is 6.60. The molecule has 0 fully saturated rings. The minimum Gasteiger partial charge on any atom is -0.494 e. The first-order chi connectivity index (χ1) is 16.0. The van der Waals surface area contributed by atoms with Gasteiger partial charge in [-0.05, 0) is 62.6 Å². The Labute approximate surface area is 205 Å². The second kappa shape index (κ2) is 18.0. The maximum Gasteiger partial charge on any atom is 0.501 e. The van der Waals surface area contributed by atoms with E-state index in [1.54, 1.807) is 0 Å². The van der Waals surface area contributed by atoms with Crippen molar-refractivity contribution in [2.75, 3.05) is 26.4 Å². The summed E-state index contributed by atoms with van der Waals surface area (Å²) in [6.45, 7) is 21.0. The SMILES string of the molecule is CC.CC.CCO[Si](CCCOc1ccc(C(C)(C)C2C=CC=CC2)cc1)(OCC)OCC. The molecule has 0 saturated heterocycles. The lowest BCUT2D eigenvalue weighted by molar-refractivity contribution is 0.0696. The average molecular weight is 479 g/mol. The summed E-state index contributed by atoms with van der Waals surface area (Å²) < 4.78 is 23.7. The van der Waals surface area contributed by atoms with E-state index in [1.165, 1.54) is 5.56 Å². The van der Waals surface area contributed by atoms with E-state index in [-0.39, 0.29) is 5.41 Å². The molecule has 1 unspecified atom stereocenters. The smallest absolute Gasteiger partial charge is 0.494 e. The lowest BCUT2D eigenvalue weighted by atomic mass is 9.71. The first-order valence-electron chi connectivity index (χ1n) is 13.0. The Hall–Kier alpha value is -1.40. The first kappa shape index (κ1) is 31.6. The minimum absolute atomic E-state index is 0.0947. The molecule has 2 rings (SSSR count). The zero-order valence-electron chi connectivity index (χ0n) is 22.8. The number of hydrogen-bond acceptors (Lipinski definition) is 4. The number of benzene rings is 1. The third-order valence-corrected chi connectivity index (χ3v) is 8.65. The van der Waals surface area contributed by atoms with Crippen LogP contribution >= 0.6 is 0 Å². The van der Waals surface area contributed by atoms with Crippen molar-refractivity contribution in [1.82, 2.24) is 0 Å². The second-order valence-electron chi connectivity index (χ2n) is 7.84. The van der Waals surface area contributed by atoms with Crippen LogP contribution in [0.2, 0.25) is 6.04 Å². The van der Waals surface area contributed by atoms with Gasteiger partial charge in [-0.3, -0.25) is 0 Å². The van der Waals surface area contributed by atoms with E-state index in [2.05, 4.69) is 62.4 Å². The normalized spacial score (nSPS) is 15.2. The molecular weight excluding hydrogens is 428 g/mol. The van der Waals surface area contributed by atoms with Crippen LogP contribution in [0.3, 0.4) is 0 Å². The molecule has 0 heterocycles. The Balaban J connectivity index is 0.00000242. The molecule has 0 N–H and O–H groups in total. The summed E-state index contributed by atoms with van der Waals surface area (Å²) in [5, 5.41) is 0. The average Bonchev–Trinajstić information content (AvgIpc) is 2.86. The van der Waals surface area contributed by atoms with Crippen molar-refractivity contribution in [3.63, 3.8) is 0 Å². The van der Waals surface area contributed by atoms with E-state index in [0.717, 1.165) is 24.6 Å². The van der Waals surface area contributed by atoms with Crippen molar-refractivity contribution in [2.45, 2.75) is 86.6 Å². The van der Waals surface area contributed by atoms with E-state index < -0.39 is 8.80 Å². The van der Waals surface area contributed by atoms with Gasteiger partial charge < -0.3 is 18.0 Å². The molecule has 0 radical (unpaired) electrons. The van der Waals surface area contributed by atoms with Crippen molar-refractivity contribution in [1.29, 1.82) is 0 Å². The predicted octanol–water partition coefficient (Wildman–Crippen LogP) is 7.97. The quantitative estimate of drug-likeness (QED) is 0.213. The molecule has 0 aliphatic heterocycles. The van der Waals surface area contributed by atoms with Crippen molar-refractivity contribution in [3.8, 4) is 5.75 Å². The molecule has 0 saturated carbocycles. The lowest BCUT2D eigenvalue weighted by Crippen LogP contribution is -2.46. The van der Waals surface area contributed by atoms with Crippen LogP contribution in [-0.2, 0) is 18.7 Å². The van der Waals surface area contributed by atoms with Crippen molar-refractivity contribution >= 4 is 8.80 Å². The van der Waals surface area contributed by atoms with Crippen LogP contribution in [0.15, 0.2) is 48.6 Å². The van der Waals surface area contributed by atoms with Crippen molar-refractivity contribution in [2.24, 2.45) is 5.92 Å². The molecule has 1 aliphatic carbocycles. The third kappa shape index (κ3) is 10.6. The summed E-state index contributed by atoms with van der Waals surface area (Å²) in [7, 11) is -2.58.